The maximum atomic E-state index is 11.9. The molecule has 0 spiro atoms. The fourth-order valence-electron chi connectivity index (χ4n) is 1.87. The lowest BCUT2D eigenvalue weighted by Gasteiger charge is -2.07. The molecule has 6 heteroatoms. The number of carbonyl (C=O) groups is 1. The Morgan fingerprint density at radius 2 is 1.88 bits per heavy atom. The molecule has 2 rings (SSSR count). The van der Waals surface area contributed by atoms with Gasteiger partial charge in [-0.25, -0.2) is 4.99 Å². The van der Waals surface area contributed by atoms with Crippen molar-refractivity contribution in [3.8, 4) is 12.3 Å². The Morgan fingerprint density at radius 3 is 2.54 bits per heavy atom. The smallest absolute Gasteiger partial charge is 0.246 e. The summed E-state index contributed by atoms with van der Waals surface area (Å²) in [6, 6.07) is 14.7. The number of amides is 1. The van der Waals surface area contributed by atoms with Gasteiger partial charge in [-0.3, -0.25) is 4.79 Å². The number of terminal acetylenes is 1. The number of carbonyl (C=O) groups excluding carboxylic acids is 1. The molecular weight excluding hydrogens is 415 g/mol. The number of rotatable bonds is 4. The average Bonchev–Trinajstić information content (AvgIpc) is 2.55. The Labute approximate surface area is 158 Å². The molecule has 4 N–H and O–H groups in total. The highest BCUT2D eigenvalue weighted by molar-refractivity contribution is 14.0. The van der Waals surface area contributed by atoms with Crippen LogP contribution in [0.25, 0.3) is 0 Å². The summed E-state index contributed by atoms with van der Waals surface area (Å²) in [4.78, 5) is 15.9. The number of aryl methyl sites for hydroxylation is 1. The summed E-state index contributed by atoms with van der Waals surface area (Å²) < 4.78 is 0. The van der Waals surface area contributed by atoms with Gasteiger partial charge in [-0.1, -0.05) is 29.7 Å². The second kappa shape index (κ2) is 9.57. The summed E-state index contributed by atoms with van der Waals surface area (Å²) in [6.45, 7) is 1.92. The standard InChI is InChI=1S/C18H18N4O.HI/c1-3-14-5-4-6-16(11-14)21-17(23)12-20-18(19)22-15-9-7-13(2)8-10-15;/h1,4-11H,12H2,2H3,(H,21,23)(H3,19,20,22);1H. The van der Waals surface area contributed by atoms with Crippen molar-refractivity contribution in [3.05, 3.63) is 59.7 Å². The van der Waals surface area contributed by atoms with Gasteiger partial charge in [0.1, 0.15) is 6.54 Å². The minimum Gasteiger partial charge on any atom is -0.370 e. The zero-order valence-electron chi connectivity index (χ0n) is 13.2. The molecule has 0 heterocycles. The van der Waals surface area contributed by atoms with Crippen LogP contribution in [0.15, 0.2) is 53.5 Å². The molecule has 5 nitrogen and oxygen atoms in total. The molecule has 1 amide bonds. The van der Waals surface area contributed by atoms with Crippen LogP contribution in [0.5, 0.6) is 0 Å². The first kappa shape index (κ1) is 19.5. The van der Waals surface area contributed by atoms with Crippen molar-refractivity contribution in [2.45, 2.75) is 6.92 Å². The molecule has 0 aliphatic carbocycles. The summed E-state index contributed by atoms with van der Waals surface area (Å²) in [5, 5.41) is 5.65. The van der Waals surface area contributed by atoms with E-state index in [9.17, 15) is 4.79 Å². The van der Waals surface area contributed by atoms with Crippen LogP contribution in [0.2, 0.25) is 0 Å². The molecule has 2 aromatic carbocycles. The second-order valence-corrected chi connectivity index (χ2v) is 4.97. The molecule has 0 saturated carbocycles. The van der Waals surface area contributed by atoms with Crippen LogP contribution in [0.3, 0.4) is 0 Å². The van der Waals surface area contributed by atoms with Gasteiger partial charge >= 0.3 is 0 Å². The molecule has 0 aromatic heterocycles. The maximum Gasteiger partial charge on any atom is 0.246 e. The first-order valence-corrected chi connectivity index (χ1v) is 7.07. The Balaban J connectivity index is 0.00000288. The third-order valence-corrected chi connectivity index (χ3v) is 3.03. The predicted molar refractivity (Wildman–Crippen MR) is 110 cm³/mol. The third kappa shape index (κ3) is 6.30. The van der Waals surface area contributed by atoms with Crippen molar-refractivity contribution in [2.24, 2.45) is 10.7 Å². The average molecular weight is 434 g/mol. The summed E-state index contributed by atoms with van der Waals surface area (Å²) in [5.41, 5.74) is 9.07. The molecule has 24 heavy (non-hydrogen) atoms. The van der Waals surface area contributed by atoms with E-state index in [2.05, 4.69) is 21.5 Å². The number of aliphatic imine (C=N–C) groups is 1. The fourth-order valence-corrected chi connectivity index (χ4v) is 1.87. The monoisotopic (exact) mass is 434 g/mol. The van der Waals surface area contributed by atoms with Crippen LogP contribution in [0.4, 0.5) is 11.4 Å². The quantitative estimate of drug-likeness (QED) is 0.300. The van der Waals surface area contributed by atoms with E-state index < -0.39 is 0 Å². The number of guanidine groups is 1. The van der Waals surface area contributed by atoms with Gasteiger partial charge in [0.15, 0.2) is 5.96 Å². The molecule has 0 fully saturated rings. The highest BCUT2D eigenvalue weighted by Gasteiger charge is 2.02. The zero-order valence-corrected chi connectivity index (χ0v) is 15.6. The Kier molecular flexibility index (Phi) is 7.79. The second-order valence-electron chi connectivity index (χ2n) is 4.97. The number of anilines is 2. The number of hydrogen-bond acceptors (Lipinski definition) is 2. The molecule has 0 aliphatic heterocycles. The van der Waals surface area contributed by atoms with E-state index in [0.29, 0.717) is 11.3 Å². The van der Waals surface area contributed by atoms with Crippen LogP contribution >= 0.6 is 24.0 Å². The lowest BCUT2D eigenvalue weighted by Crippen LogP contribution is -2.25. The van der Waals surface area contributed by atoms with Crippen LogP contribution in [-0.4, -0.2) is 18.4 Å². The van der Waals surface area contributed by atoms with E-state index in [0.717, 1.165) is 11.3 Å². The molecule has 0 atom stereocenters. The summed E-state index contributed by atoms with van der Waals surface area (Å²) in [6.07, 6.45) is 5.32. The summed E-state index contributed by atoms with van der Waals surface area (Å²) in [5.74, 6) is 2.42. The topological polar surface area (TPSA) is 79.5 Å². The largest absolute Gasteiger partial charge is 0.370 e. The minimum atomic E-state index is -0.271. The number of nitrogens with one attached hydrogen (secondary N) is 2. The number of hydrogen-bond donors (Lipinski definition) is 3. The van der Waals surface area contributed by atoms with Crippen molar-refractivity contribution in [1.82, 2.24) is 0 Å². The van der Waals surface area contributed by atoms with E-state index >= 15 is 0 Å². The van der Waals surface area contributed by atoms with Crippen molar-refractivity contribution < 1.29 is 4.79 Å². The van der Waals surface area contributed by atoms with Gasteiger partial charge in [0.2, 0.25) is 5.91 Å². The summed E-state index contributed by atoms with van der Waals surface area (Å²) >= 11 is 0. The van der Waals surface area contributed by atoms with Gasteiger partial charge in [0.25, 0.3) is 0 Å². The normalized spacial score (nSPS) is 10.2. The van der Waals surface area contributed by atoms with Crippen LogP contribution in [0, 0.1) is 19.3 Å². The molecular formula is C18H19IN4O. The van der Waals surface area contributed by atoms with Crippen molar-refractivity contribution in [2.75, 3.05) is 17.2 Å². The Bertz CT molecular complexity index is 763. The van der Waals surface area contributed by atoms with Crippen LogP contribution in [0.1, 0.15) is 11.1 Å². The van der Waals surface area contributed by atoms with Gasteiger partial charge in [-0.05, 0) is 37.3 Å². The Morgan fingerprint density at radius 1 is 1.17 bits per heavy atom. The van der Waals surface area contributed by atoms with E-state index in [-0.39, 0.29) is 42.4 Å². The van der Waals surface area contributed by atoms with E-state index in [1.54, 1.807) is 24.3 Å². The van der Waals surface area contributed by atoms with Gasteiger partial charge < -0.3 is 16.4 Å². The Hall–Kier alpha value is -2.53. The molecule has 0 saturated heterocycles. The van der Waals surface area contributed by atoms with E-state index in [1.165, 1.54) is 0 Å². The SMILES string of the molecule is C#Cc1cccc(NC(=O)CN=C(N)Nc2ccc(C)cc2)c1.I. The fraction of sp³-hybridized carbons (Fsp3) is 0.111. The van der Waals surface area contributed by atoms with Crippen LogP contribution < -0.4 is 16.4 Å². The van der Waals surface area contributed by atoms with Gasteiger partial charge in [0.05, 0.1) is 0 Å². The number of benzene rings is 2. The van der Waals surface area contributed by atoms with E-state index in [1.807, 2.05) is 31.2 Å². The third-order valence-electron chi connectivity index (χ3n) is 3.03. The maximum absolute atomic E-state index is 11.9. The predicted octanol–water partition coefficient (Wildman–Crippen LogP) is 2.96. The van der Waals surface area contributed by atoms with Crippen molar-refractivity contribution in [3.63, 3.8) is 0 Å². The van der Waals surface area contributed by atoms with Crippen LogP contribution in [-0.2, 0) is 4.79 Å². The van der Waals surface area contributed by atoms with Crippen molar-refractivity contribution in [1.29, 1.82) is 0 Å². The summed E-state index contributed by atoms with van der Waals surface area (Å²) in [7, 11) is 0. The molecule has 0 aliphatic rings. The number of nitrogens with two attached hydrogens (primary N) is 1. The number of halogens is 1. The van der Waals surface area contributed by atoms with Gasteiger partial charge in [0, 0.05) is 16.9 Å². The van der Waals surface area contributed by atoms with Gasteiger partial charge in [-0.2, -0.15) is 0 Å². The first-order chi connectivity index (χ1) is 11.1. The lowest BCUT2D eigenvalue weighted by molar-refractivity contribution is -0.114. The lowest BCUT2D eigenvalue weighted by atomic mass is 10.2. The number of nitrogens with zero attached hydrogens (tertiary/aromatic N) is 1. The molecule has 0 radical (unpaired) electrons. The molecule has 124 valence electrons. The molecule has 0 unspecified atom stereocenters. The van der Waals surface area contributed by atoms with E-state index in [4.69, 9.17) is 12.2 Å². The molecule has 2 aromatic rings. The minimum absolute atomic E-state index is 0. The molecule has 0 bridgehead atoms. The highest BCUT2D eigenvalue weighted by atomic mass is 127. The highest BCUT2D eigenvalue weighted by Crippen LogP contribution is 2.10. The van der Waals surface area contributed by atoms with Gasteiger partial charge in [-0.15, -0.1) is 30.4 Å². The first-order valence-electron chi connectivity index (χ1n) is 7.07. The van der Waals surface area contributed by atoms with Crippen molar-refractivity contribution >= 4 is 47.2 Å². The zero-order chi connectivity index (χ0) is 16.7.